The van der Waals surface area contributed by atoms with Crippen LogP contribution in [-0.2, 0) is 10.3 Å². The third-order valence-electron chi connectivity index (χ3n) is 3.83. The molecule has 94 valence electrons. The predicted octanol–water partition coefficient (Wildman–Crippen LogP) is 0.897. The van der Waals surface area contributed by atoms with Gasteiger partial charge in [0.05, 0.1) is 30.4 Å². The van der Waals surface area contributed by atoms with Gasteiger partial charge >= 0.3 is 0 Å². The molecule has 2 heterocycles. The summed E-state index contributed by atoms with van der Waals surface area (Å²) in [4.78, 5) is 0. The second kappa shape index (κ2) is 4.36. The van der Waals surface area contributed by atoms with E-state index in [0.717, 1.165) is 5.56 Å². The van der Waals surface area contributed by atoms with Gasteiger partial charge in [0, 0.05) is 17.6 Å². The Labute approximate surface area is 106 Å². The van der Waals surface area contributed by atoms with Gasteiger partial charge in [-0.2, -0.15) is 5.26 Å². The maximum atomic E-state index is 10.9. The Morgan fingerprint density at radius 3 is 2.61 bits per heavy atom. The molecule has 0 amide bonds. The average Bonchev–Trinajstić information content (AvgIpc) is 2.38. The summed E-state index contributed by atoms with van der Waals surface area (Å²) in [5.74, 6) is 0. The summed E-state index contributed by atoms with van der Waals surface area (Å²) in [5.41, 5.74) is 0.420. The molecule has 1 aromatic rings. The number of nitrogens with zero attached hydrogens (tertiary/aromatic N) is 1. The van der Waals surface area contributed by atoms with Gasteiger partial charge in [-0.3, -0.25) is 0 Å². The van der Waals surface area contributed by atoms with Gasteiger partial charge in [0.2, 0.25) is 0 Å². The Kier molecular flexibility index (Phi) is 2.83. The first kappa shape index (κ1) is 11.7. The SMILES string of the molecule is N#Cc1ccccc1C1(O)CC2COCC(C1)N2. The minimum atomic E-state index is -0.906. The summed E-state index contributed by atoms with van der Waals surface area (Å²) >= 11 is 0. The molecule has 2 aliphatic rings. The van der Waals surface area contributed by atoms with Crippen molar-refractivity contribution in [3.63, 3.8) is 0 Å². The molecule has 2 aliphatic heterocycles. The van der Waals surface area contributed by atoms with Crippen molar-refractivity contribution in [1.29, 1.82) is 5.26 Å². The number of hydrogen-bond acceptors (Lipinski definition) is 4. The standard InChI is InChI=1S/C14H16N2O2/c15-7-10-3-1-2-4-13(10)14(17)5-11-8-18-9-12(6-14)16-11/h1-4,11-12,16-17H,5-6,8-9H2. The van der Waals surface area contributed by atoms with Crippen molar-refractivity contribution in [3.8, 4) is 6.07 Å². The van der Waals surface area contributed by atoms with Gasteiger partial charge in [-0.25, -0.2) is 0 Å². The molecule has 3 rings (SSSR count). The van der Waals surface area contributed by atoms with Gasteiger partial charge in [-0.05, 0) is 18.9 Å². The highest BCUT2D eigenvalue weighted by Gasteiger charge is 2.43. The van der Waals surface area contributed by atoms with Crippen molar-refractivity contribution in [2.24, 2.45) is 0 Å². The molecular formula is C14H16N2O2. The Morgan fingerprint density at radius 1 is 1.28 bits per heavy atom. The molecule has 2 bridgehead atoms. The van der Waals surface area contributed by atoms with Crippen LogP contribution in [0, 0.1) is 11.3 Å². The fourth-order valence-electron chi connectivity index (χ4n) is 3.12. The van der Waals surface area contributed by atoms with E-state index in [2.05, 4.69) is 11.4 Å². The number of hydrogen-bond donors (Lipinski definition) is 2. The smallest absolute Gasteiger partial charge is 0.0995 e. The van der Waals surface area contributed by atoms with Gasteiger partial charge in [0.1, 0.15) is 0 Å². The predicted molar refractivity (Wildman–Crippen MR) is 65.8 cm³/mol. The van der Waals surface area contributed by atoms with Crippen LogP contribution in [0.1, 0.15) is 24.0 Å². The summed E-state index contributed by atoms with van der Waals surface area (Å²) < 4.78 is 5.48. The fraction of sp³-hybridized carbons (Fsp3) is 0.500. The number of nitriles is 1. The zero-order valence-corrected chi connectivity index (χ0v) is 10.1. The molecule has 0 aromatic heterocycles. The Bertz CT molecular complexity index is 483. The molecule has 0 aliphatic carbocycles. The number of nitrogens with one attached hydrogen (secondary N) is 1. The summed E-state index contributed by atoms with van der Waals surface area (Å²) in [6.07, 6.45) is 1.20. The zero-order chi connectivity index (χ0) is 12.6. The van der Waals surface area contributed by atoms with E-state index in [1.54, 1.807) is 6.07 Å². The van der Waals surface area contributed by atoms with Gasteiger partial charge in [-0.15, -0.1) is 0 Å². The van der Waals surface area contributed by atoms with Gasteiger partial charge in [0.25, 0.3) is 0 Å². The normalized spacial score (nSPS) is 34.9. The monoisotopic (exact) mass is 244 g/mol. The topological polar surface area (TPSA) is 65.3 Å². The van der Waals surface area contributed by atoms with Crippen molar-refractivity contribution in [3.05, 3.63) is 35.4 Å². The molecule has 0 radical (unpaired) electrons. The molecule has 2 unspecified atom stereocenters. The van der Waals surface area contributed by atoms with E-state index in [0.29, 0.717) is 31.6 Å². The highest BCUT2D eigenvalue weighted by atomic mass is 16.5. The lowest BCUT2D eigenvalue weighted by molar-refractivity contribution is -0.0803. The Balaban J connectivity index is 1.97. The largest absolute Gasteiger partial charge is 0.385 e. The third kappa shape index (κ3) is 1.91. The van der Waals surface area contributed by atoms with Crippen LogP contribution in [0.25, 0.3) is 0 Å². The first-order chi connectivity index (χ1) is 8.71. The first-order valence-electron chi connectivity index (χ1n) is 6.27. The number of fused-ring (bicyclic) bond motifs is 2. The van der Waals surface area contributed by atoms with Crippen molar-refractivity contribution >= 4 is 0 Å². The number of ether oxygens (including phenoxy) is 1. The van der Waals surface area contributed by atoms with E-state index >= 15 is 0 Å². The van der Waals surface area contributed by atoms with Crippen molar-refractivity contribution in [1.82, 2.24) is 5.32 Å². The zero-order valence-electron chi connectivity index (χ0n) is 10.1. The highest BCUT2D eigenvalue weighted by Crippen LogP contribution is 2.37. The summed E-state index contributed by atoms with van der Waals surface area (Å²) in [5, 5.41) is 23.5. The van der Waals surface area contributed by atoms with Crippen LogP contribution >= 0.6 is 0 Å². The van der Waals surface area contributed by atoms with E-state index < -0.39 is 5.60 Å². The number of morpholine rings is 1. The van der Waals surface area contributed by atoms with Crippen molar-refractivity contribution in [2.75, 3.05) is 13.2 Å². The molecule has 4 heteroatoms. The Hall–Kier alpha value is -1.41. The molecule has 2 fully saturated rings. The third-order valence-corrected chi connectivity index (χ3v) is 3.83. The maximum absolute atomic E-state index is 10.9. The average molecular weight is 244 g/mol. The summed E-state index contributed by atoms with van der Waals surface area (Å²) in [6, 6.07) is 9.86. The van der Waals surface area contributed by atoms with Crippen LogP contribution in [0.2, 0.25) is 0 Å². The Morgan fingerprint density at radius 2 is 1.94 bits per heavy atom. The van der Waals surface area contributed by atoms with E-state index in [-0.39, 0.29) is 12.1 Å². The molecule has 0 saturated carbocycles. The van der Waals surface area contributed by atoms with Gasteiger partial charge < -0.3 is 15.2 Å². The second-order valence-electron chi connectivity index (χ2n) is 5.20. The molecule has 18 heavy (non-hydrogen) atoms. The fourth-order valence-corrected chi connectivity index (χ4v) is 3.12. The molecule has 1 aromatic carbocycles. The van der Waals surface area contributed by atoms with E-state index in [1.165, 1.54) is 0 Å². The first-order valence-corrected chi connectivity index (χ1v) is 6.27. The van der Waals surface area contributed by atoms with Gasteiger partial charge in [0.15, 0.2) is 0 Å². The quantitative estimate of drug-likeness (QED) is 0.770. The van der Waals surface area contributed by atoms with Crippen LogP contribution in [0.4, 0.5) is 0 Å². The molecular weight excluding hydrogens is 228 g/mol. The number of piperidine rings is 1. The van der Waals surface area contributed by atoms with Crippen LogP contribution in [0.15, 0.2) is 24.3 Å². The van der Waals surface area contributed by atoms with Crippen LogP contribution in [0.5, 0.6) is 0 Å². The van der Waals surface area contributed by atoms with Crippen LogP contribution < -0.4 is 5.32 Å². The lowest BCUT2D eigenvalue weighted by Crippen LogP contribution is -2.58. The van der Waals surface area contributed by atoms with Gasteiger partial charge in [-0.1, -0.05) is 18.2 Å². The van der Waals surface area contributed by atoms with E-state index in [4.69, 9.17) is 10.00 Å². The summed E-state index contributed by atoms with van der Waals surface area (Å²) in [7, 11) is 0. The molecule has 2 N–H and O–H groups in total. The number of aliphatic hydroxyl groups is 1. The number of rotatable bonds is 1. The van der Waals surface area contributed by atoms with Crippen molar-refractivity contribution in [2.45, 2.75) is 30.5 Å². The van der Waals surface area contributed by atoms with E-state index in [1.807, 2.05) is 18.2 Å². The molecule has 2 saturated heterocycles. The molecule has 0 spiro atoms. The van der Waals surface area contributed by atoms with E-state index in [9.17, 15) is 5.11 Å². The maximum Gasteiger partial charge on any atom is 0.0995 e. The van der Waals surface area contributed by atoms with Crippen molar-refractivity contribution < 1.29 is 9.84 Å². The summed E-state index contributed by atoms with van der Waals surface area (Å²) in [6.45, 7) is 1.26. The lowest BCUT2D eigenvalue weighted by Gasteiger charge is -2.45. The molecule has 2 atom stereocenters. The van der Waals surface area contributed by atoms with Crippen LogP contribution in [0.3, 0.4) is 0 Å². The minimum absolute atomic E-state index is 0.175. The highest BCUT2D eigenvalue weighted by molar-refractivity contribution is 5.41. The van der Waals surface area contributed by atoms with Crippen LogP contribution in [-0.4, -0.2) is 30.4 Å². The molecule has 4 nitrogen and oxygen atoms in total. The minimum Gasteiger partial charge on any atom is -0.385 e. The second-order valence-corrected chi connectivity index (χ2v) is 5.20. The lowest BCUT2D eigenvalue weighted by atomic mass is 9.76. The number of benzene rings is 1.